The average Bonchev–Trinajstić information content (AvgIpc) is 2.39. The van der Waals surface area contributed by atoms with Gasteiger partial charge in [0.2, 0.25) is 0 Å². The van der Waals surface area contributed by atoms with Gasteiger partial charge in [-0.15, -0.1) is 10.2 Å². The zero-order chi connectivity index (χ0) is 13.0. The van der Waals surface area contributed by atoms with Crippen LogP contribution in [0.15, 0.2) is 42.5 Å². The first-order valence-electron chi connectivity index (χ1n) is 5.49. The summed E-state index contributed by atoms with van der Waals surface area (Å²) in [6, 6.07) is 13.3. The highest BCUT2D eigenvalue weighted by Gasteiger charge is 2.07. The molecule has 0 bridgehead atoms. The van der Waals surface area contributed by atoms with Crippen LogP contribution in [-0.4, -0.2) is 34.9 Å². The van der Waals surface area contributed by atoms with Gasteiger partial charge in [0.1, 0.15) is 6.54 Å². The van der Waals surface area contributed by atoms with Crippen LogP contribution in [0, 0.1) is 0 Å². The van der Waals surface area contributed by atoms with Gasteiger partial charge < -0.3 is 10.0 Å². The molecular formula is C13H13N3O2. The first-order valence-corrected chi connectivity index (χ1v) is 5.49. The smallest absolute Gasteiger partial charge is 0.323 e. The number of hydrogen-bond acceptors (Lipinski definition) is 4. The lowest BCUT2D eigenvalue weighted by Crippen LogP contribution is -2.26. The van der Waals surface area contributed by atoms with E-state index < -0.39 is 5.97 Å². The Morgan fingerprint density at radius 1 is 1.17 bits per heavy atom. The predicted octanol–water partition coefficient (Wildman–Crippen LogP) is 1.66. The van der Waals surface area contributed by atoms with Gasteiger partial charge in [0.05, 0.1) is 5.69 Å². The van der Waals surface area contributed by atoms with Gasteiger partial charge in [-0.2, -0.15) is 0 Å². The van der Waals surface area contributed by atoms with Crippen molar-refractivity contribution in [3.63, 3.8) is 0 Å². The number of hydrogen-bond donors (Lipinski definition) is 1. The number of carboxylic acids is 1. The highest BCUT2D eigenvalue weighted by atomic mass is 16.4. The number of carbonyl (C=O) groups is 1. The lowest BCUT2D eigenvalue weighted by atomic mass is 10.1. The molecular weight excluding hydrogens is 230 g/mol. The fourth-order valence-electron chi connectivity index (χ4n) is 1.58. The zero-order valence-corrected chi connectivity index (χ0v) is 9.95. The molecule has 0 aliphatic heterocycles. The van der Waals surface area contributed by atoms with E-state index in [1.807, 2.05) is 36.4 Å². The van der Waals surface area contributed by atoms with Crippen LogP contribution in [0.4, 0.5) is 5.82 Å². The van der Waals surface area contributed by atoms with E-state index in [1.165, 1.54) is 4.90 Å². The fourth-order valence-corrected chi connectivity index (χ4v) is 1.58. The van der Waals surface area contributed by atoms with Crippen LogP contribution in [-0.2, 0) is 4.79 Å². The van der Waals surface area contributed by atoms with Crippen LogP contribution in [0.3, 0.4) is 0 Å². The van der Waals surface area contributed by atoms with Crippen molar-refractivity contribution in [2.75, 3.05) is 18.5 Å². The Kier molecular flexibility index (Phi) is 3.52. The number of nitrogens with zero attached hydrogens (tertiary/aromatic N) is 3. The largest absolute Gasteiger partial charge is 0.480 e. The quantitative estimate of drug-likeness (QED) is 0.884. The number of anilines is 1. The first-order chi connectivity index (χ1) is 8.66. The summed E-state index contributed by atoms with van der Waals surface area (Å²) in [5.74, 6) is -0.358. The second kappa shape index (κ2) is 5.27. The first kappa shape index (κ1) is 12.0. The van der Waals surface area contributed by atoms with Gasteiger partial charge >= 0.3 is 5.97 Å². The van der Waals surface area contributed by atoms with Crippen molar-refractivity contribution < 1.29 is 9.90 Å². The van der Waals surface area contributed by atoms with Crippen molar-refractivity contribution in [2.45, 2.75) is 0 Å². The molecule has 2 aromatic rings. The van der Waals surface area contributed by atoms with Crippen molar-refractivity contribution in [3.8, 4) is 11.3 Å². The molecule has 5 nitrogen and oxygen atoms in total. The lowest BCUT2D eigenvalue weighted by molar-refractivity contribution is -0.135. The van der Waals surface area contributed by atoms with Gasteiger partial charge in [-0.3, -0.25) is 4.79 Å². The molecule has 0 unspecified atom stereocenters. The van der Waals surface area contributed by atoms with Crippen LogP contribution in [0.2, 0.25) is 0 Å². The predicted molar refractivity (Wildman–Crippen MR) is 68.4 cm³/mol. The number of aromatic nitrogens is 2. The van der Waals surface area contributed by atoms with Gasteiger partial charge in [0, 0.05) is 12.6 Å². The van der Waals surface area contributed by atoms with E-state index >= 15 is 0 Å². The molecule has 5 heteroatoms. The third-order valence-corrected chi connectivity index (χ3v) is 2.48. The maximum absolute atomic E-state index is 10.6. The molecule has 92 valence electrons. The van der Waals surface area contributed by atoms with E-state index in [0.717, 1.165) is 11.3 Å². The molecule has 18 heavy (non-hydrogen) atoms. The SMILES string of the molecule is CN(CC(=O)O)c1ccc(-c2ccccc2)nn1. The van der Waals surface area contributed by atoms with E-state index in [2.05, 4.69) is 10.2 Å². The summed E-state index contributed by atoms with van der Waals surface area (Å²) < 4.78 is 0. The lowest BCUT2D eigenvalue weighted by Gasteiger charge is -2.14. The zero-order valence-electron chi connectivity index (χ0n) is 9.95. The number of likely N-dealkylation sites (N-methyl/N-ethyl adjacent to an activating group) is 1. The Morgan fingerprint density at radius 2 is 1.89 bits per heavy atom. The van der Waals surface area contributed by atoms with E-state index in [0.29, 0.717) is 5.82 Å². The molecule has 0 saturated heterocycles. The van der Waals surface area contributed by atoms with Crippen molar-refractivity contribution in [1.82, 2.24) is 10.2 Å². The molecule has 0 aliphatic rings. The minimum atomic E-state index is -0.897. The third-order valence-electron chi connectivity index (χ3n) is 2.48. The average molecular weight is 243 g/mol. The van der Waals surface area contributed by atoms with Gasteiger partial charge in [0.15, 0.2) is 5.82 Å². The molecule has 1 heterocycles. The summed E-state index contributed by atoms with van der Waals surface area (Å²) >= 11 is 0. The van der Waals surface area contributed by atoms with Crippen LogP contribution >= 0.6 is 0 Å². The summed E-state index contributed by atoms with van der Waals surface area (Å²) in [4.78, 5) is 12.1. The summed E-state index contributed by atoms with van der Waals surface area (Å²) in [7, 11) is 1.67. The van der Waals surface area contributed by atoms with Crippen LogP contribution in [0.25, 0.3) is 11.3 Å². The Balaban J connectivity index is 2.18. The van der Waals surface area contributed by atoms with Gasteiger partial charge in [-0.25, -0.2) is 0 Å². The molecule has 1 N–H and O–H groups in total. The maximum Gasteiger partial charge on any atom is 0.323 e. The standard InChI is InChI=1S/C13H13N3O2/c1-16(9-13(17)18)12-8-7-11(14-15-12)10-5-3-2-4-6-10/h2-8H,9H2,1H3,(H,17,18). The highest BCUT2D eigenvalue weighted by molar-refractivity contribution is 5.73. The number of benzene rings is 1. The van der Waals surface area contributed by atoms with Crippen molar-refractivity contribution >= 4 is 11.8 Å². The van der Waals surface area contributed by atoms with E-state index in [9.17, 15) is 4.79 Å². The number of aliphatic carboxylic acids is 1. The molecule has 0 fully saturated rings. The van der Waals surface area contributed by atoms with E-state index in [1.54, 1.807) is 13.1 Å². The van der Waals surface area contributed by atoms with Crippen molar-refractivity contribution in [3.05, 3.63) is 42.5 Å². The van der Waals surface area contributed by atoms with Crippen LogP contribution in [0.1, 0.15) is 0 Å². The third kappa shape index (κ3) is 2.82. The molecule has 0 spiro atoms. The second-order valence-corrected chi connectivity index (χ2v) is 3.89. The Hall–Kier alpha value is -2.43. The summed E-state index contributed by atoms with van der Waals surface area (Å²) in [6.45, 7) is -0.0979. The molecule has 0 radical (unpaired) electrons. The highest BCUT2D eigenvalue weighted by Crippen LogP contribution is 2.17. The van der Waals surface area contributed by atoms with Crippen LogP contribution < -0.4 is 4.90 Å². The van der Waals surface area contributed by atoms with E-state index in [4.69, 9.17) is 5.11 Å². The van der Waals surface area contributed by atoms with Crippen LogP contribution in [0.5, 0.6) is 0 Å². The van der Waals surface area contributed by atoms with Gasteiger partial charge in [-0.1, -0.05) is 30.3 Å². The number of carboxylic acid groups (broad SMARTS) is 1. The number of rotatable bonds is 4. The molecule has 0 saturated carbocycles. The molecule has 2 rings (SSSR count). The van der Waals surface area contributed by atoms with Gasteiger partial charge in [0.25, 0.3) is 0 Å². The summed E-state index contributed by atoms with van der Waals surface area (Å²) in [5, 5.41) is 16.8. The Bertz CT molecular complexity index is 526. The molecule has 1 aromatic heterocycles. The van der Waals surface area contributed by atoms with E-state index in [-0.39, 0.29) is 6.54 Å². The Labute approximate surface area is 105 Å². The second-order valence-electron chi connectivity index (χ2n) is 3.89. The monoisotopic (exact) mass is 243 g/mol. The summed E-state index contributed by atoms with van der Waals surface area (Å²) in [5.41, 5.74) is 1.75. The topological polar surface area (TPSA) is 66.3 Å². The minimum absolute atomic E-state index is 0.0979. The molecule has 0 amide bonds. The summed E-state index contributed by atoms with van der Waals surface area (Å²) in [6.07, 6.45) is 0. The maximum atomic E-state index is 10.6. The van der Waals surface area contributed by atoms with Crippen molar-refractivity contribution in [2.24, 2.45) is 0 Å². The Morgan fingerprint density at radius 3 is 2.44 bits per heavy atom. The fraction of sp³-hybridized carbons (Fsp3) is 0.154. The van der Waals surface area contributed by atoms with Crippen molar-refractivity contribution in [1.29, 1.82) is 0 Å². The minimum Gasteiger partial charge on any atom is -0.480 e. The van der Waals surface area contributed by atoms with Gasteiger partial charge in [-0.05, 0) is 12.1 Å². The molecule has 0 atom stereocenters. The molecule has 0 aliphatic carbocycles. The normalized spacial score (nSPS) is 10.1. The molecule has 1 aromatic carbocycles.